The standard InChI is InChI=1S/C22H31N10O17P3S/c1-30-6-32(16-10(30)17(36)28-21(23)27-16)20-14(43-2)12(34)8(47-20)4-45-51(39,40)49-52(41,42)48-50(37,38)44-3-7-11(33)13(35)19(46-7)31-5-25-9-15(31)26-22(24)29-18(9)53/h5-8,11-14,19-20,33-35H,3-4H2,1-2H3,(H8-,23,24,26,27,28,29,36,37,38,39,40,41,42,53)/p+1/t7-,8-,11-,12-,13-,14-,19-,20-/m1/s1. The molecule has 0 amide bonds. The summed E-state index contributed by atoms with van der Waals surface area (Å²) in [7, 11) is -14.5. The van der Waals surface area contributed by atoms with Crippen LogP contribution in [0.3, 0.4) is 0 Å². The Bertz CT molecular complexity index is 2100. The lowest BCUT2D eigenvalue weighted by atomic mass is 10.1. The average molecular weight is 834 g/mol. The van der Waals surface area contributed by atoms with E-state index in [1.807, 2.05) is 0 Å². The SMILES string of the molecule is CO[C@@H]1[C@H](O)[C@@H](CO[P+]([O-])(O)O[P+]([O-])(O)O[P+]([O-])(O)OC[C@H]2O[C@@H](n3cnc4c(=S)nc(N)[nH]c43)[C@H](O)[C@@H]2O)O[C@H]1[n+]1cn(C)c2c(=O)[nH]c(N)nc21. The highest BCUT2D eigenvalue weighted by molar-refractivity contribution is 7.72. The van der Waals surface area contributed by atoms with Gasteiger partial charge >= 0.3 is 30.2 Å². The molecule has 6 heterocycles. The van der Waals surface area contributed by atoms with E-state index in [4.69, 9.17) is 42.4 Å². The highest BCUT2D eigenvalue weighted by Crippen LogP contribution is 2.72. The molecule has 4 aromatic heterocycles. The maximum absolute atomic E-state index is 12.6. The van der Waals surface area contributed by atoms with E-state index in [0.717, 1.165) is 0 Å². The van der Waals surface area contributed by atoms with Crippen molar-refractivity contribution in [2.45, 2.75) is 49.1 Å². The van der Waals surface area contributed by atoms with Crippen molar-refractivity contribution in [2.24, 2.45) is 7.05 Å². The predicted molar refractivity (Wildman–Crippen MR) is 171 cm³/mol. The molecule has 6 rings (SSSR count). The molecule has 31 heteroatoms. The summed E-state index contributed by atoms with van der Waals surface area (Å²) in [5, 5.41) is 31.9. The Morgan fingerprint density at radius 3 is 2.19 bits per heavy atom. The van der Waals surface area contributed by atoms with Crippen molar-refractivity contribution in [3.63, 3.8) is 0 Å². The fourth-order valence-electron chi connectivity index (χ4n) is 5.69. The van der Waals surface area contributed by atoms with Crippen LogP contribution in [0.5, 0.6) is 0 Å². The van der Waals surface area contributed by atoms with E-state index in [1.54, 1.807) is 0 Å². The molecule has 27 nitrogen and oxygen atoms in total. The van der Waals surface area contributed by atoms with Crippen molar-refractivity contribution < 1.29 is 81.1 Å². The zero-order valence-corrected chi connectivity index (χ0v) is 30.4. The molecular weight excluding hydrogens is 801 g/mol. The Morgan fingerprint density at radius 1 is 0.962 bits per heavy atom. The summed E-state index contributed by atoms with van der Waals surface area (Å²) in [6, 6.07) is 0. The number of ether oxygens (including phenoxy) is 3. The number of H-pyrrole nitrogens is 2. The fourth-order valence-corrected chi connectivity index (χ4v) is 9.46. The van der Waals surface area contributed by atoms with Gasteiger partial charge in [0.05, 0.1) is 13.4 Å². The van der Waals surface area contributed by atoms with Crippen molar-refractivity contribution in [3.05, 3.63) is 27.6 Å². The number of imidazole rings is 2. The quantitative estimate of drug-likeness (QED) is 0.0341. The lowest BCUT2D eigenvalue weighted by molar-refractivity contribution is -0.746. The number of aryl methyl sites for hydroxylation is 1. The number of aromatic amines is 2. The maximum Gasteiger partial charge on any atom is 0.487 e. The van der Waals surface area contributed by atoms with Gasteiger partial charge in [0.25, 0.3) is 11.5 Å². The van der Waals surface area contributed by atoms with Gasteiger partial charge in [0.2, 0.25) is 11.7 Å². The number of phosphoric acid groups is 3. The third kappa shape index (κ3) is 8.18. The Labute approximate surface area is 301 Å². The summed E-state index contributed by atoms with van der Waals surface area (Å²) in [5.74, 6) is -0.324. The predicted octanol–water partition coefficient (Wildman–Crippen LogP) is -5.73. The summed E-state index contributed by atoms with van der Waals surface area (Å²) in [5.41, 5.74) is 11.2. The van der Waals surface area contributed by atoms with Crippen LogP contribution in [0.4, 0.5) is 11.9 Å². The number of aromatic nitrogens is 8. The van der Waals surface area contributed by atoms with E-state index in [-0.39, 0.29) is 38.9 Å². The van der Waals surface area contributed by atoms with E-state index < -0.39 is 92.4 Å². The van der Waals surface area contributed by atoms with Crippen molar-refractivity contribution >= 4 is 71.0 Å². The smallest absolute Gasteiger partial charge is 0.487 e. The van der Waals surface area contributed by atoms with Gasteiger partial charge in [-0.2, -0.15) is 23.7 Å². The van der Waals surface area contributed by atoms with E-state index in [0.29, 0.717) is 0 Å². The van der Waals surface area contributed by atoms with Crippen molar-refractivity contribution in [1.29, 1.82) is 0 Å². The lowest BCUT2D eigenvalue weighted by Crippen LogP contribution is -2.47. The Morgan fingerprint density at radius 2 is 1.57 bits per heavy atom. The Balaban J connectivity index is 1.05. The molecular formula is C22H32N10O17P3S+. The van der Waals surface area contributed by atoms with Crippen LogP contribution in [0.15, 0.2) is 17.4 Å². The van der Waals surface area contributed by atoms with E-state index in [9.17, 15) is 49.5 Å². The molecule has 11 atom stereocenters. The van der Waals surface area contributed by atoms with Crippen LogP contribution < -0.4 is 36.3 Å². The lowest BCUT2D eigenvalue weighted by Gasteiger charge is -2.27. The van der Waals surface area contributed by atoms with Crippen molar-refractivity contribution in [2.75, 3.05) is 31.8 Å². The van der Waals surface area contributed by atoms with Gasteiger partial charge in [0, 0.05) is 15.7 Å². The molecule has 0 saturated carbocycles. The van der Waals surface area contributed by atoms with Gasteiger partial charge in [-0.3, -0.25) is 18.9 Å². The Kier molecular flexibility index (Phi) is 11.2. The van der Waals surface area contributed by atoms with E-state index in [2.05, 4.69) is 38.1 Å². The van der Waals surface area contributed by atoms with Gasteiger partial charge in [0.15, 0.2) is 23.1 Å². The van der Waals surface area contributed by atoms with Gasteiger partial charge in [-0.15, -0.1) is 0 Å². The van der Waals surface area contributed by atoms with Gasteiger partial charge in [-0.1, -0.05) is 17.2 Å². The summed E-state index contributed by atoms with van der Waals surface area (Å²) >= 11 is 5.10. The number of hydrogen-bond donors (Lipinski definition) is 10. The third-order valence-electron chi connectivity index (χ3n) is 7.94. The molecule has 0 radical (unpaired) electrons. The van der Waals surface area contributed by atoms with Crippen LogP contribution in [0.1, 0.15) is 12.5 Å². The highest BCUT2D eigenvalue weighted by atomic mass is 32.1. The third-order valence-corrected chi connectivity index (χ3v) is 12.5. The Hall–Kier alpha value is -2.63. The minimum Gasteiger partial charge on any atom is -0.603 e. The van der Waals surface area contributed by atoms with Gasteiger partial charge in [0.1, 0.15) is 61.0 Å². The van der Waals surface area contributed by atoms with Crippen LogP contribution >= 0.6 is 36.7 Å². The molecule has 2 aliphatic heterocycles. The number of nitrogen functional groups attached to an aromatic ring is 2. The number of methoxy groups -OCH3 is 1. The number of aliphatic hydroxyl groups is 3. The molecule has 292 valence electrons. The number of nitrogens with zero attached hydrogens (tertiary/aromatic N) is 6. The molecule has 53 heavy (non-hydrogen) atoms. The summed E-state index contributed by atoms with van der Waals surface area (Å²) < 4.78 is 38.1. The first-order valence-electron chi connectivity index (χ1n) is 14.8. The molecule has 0 aliphatic carbocycles. The van der Waals surface area contributed by atoms with Crippen LogP contribution in [-0.4, -0.2) is 121 Å². The first-order chi connectivity index (χ1) is 24.7. The minimum absolute atomic E-state index is 0.0207. The number of hydrogen-bond acceptors (Lipinski definition) is 23. The van der Waals surface area contributed by atoms with Crippen LogP contribution in [-0.2, 0) is 38.9 Å². The molecule has 0 bridgehead atoms. The zero-order valence-electron chi connectivity index (χ0n) is 26.9. The normalized spacial score (nSPS) is 29.8. The van der Waals surface area contributed by atoms with Gasteiger partial charge in [-0.05, 0) is 0 Å². The maximum atomic E-state index is 12.6. The summed E-state index contributed by atoms with van der Waals surface area (Å²) in [6.07, 6.45) is -9.22. The number of nitrogens with one attached hydrogen (secondary N) is 2. The second-order valence-corrected chi connectivity index (χ2v) is 16.5. The first-order valence-corrected chi connectivity index (χ1v) is 19.7. The van der Waals surface area contributed by atoms with Crippen LogP contribution in [0.2, 0.25) is 0 Å². The van der Waals surface area contributed by atoms with E-state index in [1.165, 1.54) is 40.5 Å². The molecule has 3 unspecified atom stereocenters. The summed E-state index contributed by atoms with van der Waals surface area (Å²) in [4.78, 5) is 97.3. The minimum atomic E-state index is -5.96. The molecule has 0 aromatic carbocycles. The van der Waals surface area contributed by atoms with E-state index >= 15 is 0 Å². The fraction of sp³-hybridized carbons (Fsp3) is 0.545. The number of nitrogens with two attached hydrogens (primary N) is 2. The van der Waals surface area contributed by atoms with Crippen molar-refractivity contribution in [1.82, 2.24) is 34.1 Å². The number of rotatable bonds is 13. The topological polar surface area (TPSA) is 408 Å². The molecule has 2 aliphatic rings. The largest absolute Gasteiger partial charge is 0.603 e. The van der Waals surface area contributed by atoms with Crippen LogP contribution in [0, 0.1) is 4.64 Å². The number of aliphatic hydroxyl groups excluding tert-OH is 3. The molecule has 2 fully saturated rings. The van der Waals surface area contributed by atoms with Gasteiger partial charge < -0.3 is 60.7 Å². The average Bonchev–Trinajstić information content (AvgIpc) is 3.77. The first kappa shape index (κ1) is 40.0. The molecule has 2 saturated heterocycles. The van der Waals surface area contributed by atoms with Crippen LogP contribution in [0.25, 0.3) is 22.3 Å². The number of fused-ring (bicyclic) bond motifs is 2. The van der Waals surface area contributed by atoms with Crippen molar-refractivity contribution in [3.8, 4) is 0 Å². The number of phosphoric ester groups is 2. The van der Waals surface area contributed by atoms with Gasteiger partial charge in [-0.25, -0.2) is 14.5 Å². The molecule has 0 spiro atoms. The summed E-state index contributed by atoms with van der Waals surface area (Å²) in [6.45, 7) is -2.02. The zero-order chi connectivity index (χ0) is 38.8. The molecule has 12 N–H and O–H groups in total. The number of anilines is 2. The second kappa shape index (κ2) is 14.8. The second-order valence-electron chi connectivity index (χ2n) is 11.5. The monoisotopic (exact) mass is 833 g/mol. The molecule has 4 aromatic rings. The highest BCUT2D eigenvalue weighted by Gasteiger charge is 2.57.